The smallest absolute Gasteiger partial charge is 0.365 e. The number of halogens is 4. The normalized spacial score (nSPS) is 19.8. The molecular formula is C9H6ClF3N2O. The molecule has 1 heterocycles. The van der Waals surface area contributed by atoms with Crippen LogP contribution in [0.1, 0.15) is 0 Å². The van der Waals surface area contributed by atoms with Crippen molar-refractivity contribution in [3.63, 3.8) is 0 Å². The molecule has 2 N–H and O–H groups in total. The number of carbonyl (C=O) groups is 1. The molecule has 0 fully saturated rings. The lowest BCUT2D eigenvalue weighted by molar-refractivity contribution is -0.156. The van der Waals surface area contributed by atoms with Crippen LogP contribution in [0, 0.1) is 0 Å². The highest BCUT2D eigenvalue weighted by Crippen LogP contribution is 2.34. The monoisotopic (exact) mass is 250 g/mol. The minimum Gasteiger partial charge on any atom is -0.365 e. The quantitative estimate of drug-likeness (QED) is 0.743. The fraction of sp³-hybridized carbons (Fsp3) is 0.222. The number of amides is 1. The van der Waals surface area contributed by atoms with Crippen molar-refractivity contribution in [2.45, 2.75) is 12.2 Å². The van der Waals surface area contributed by atoms with E-state index in [9.17, 15) is 18.0 Å². The zero-order chi connectivity index (χ0) is 11.9. The van der Waals surface area contributed by atoms with E-state index in [2.05, 4.69) is 10.6 Å². The van der Waals surface area contributed by atoms with Crippen molar-refractivity contribution < 1.29 is 18.0 Å². The molecule has 0 radical (unpaired) electrons. The first-order chi connectivity index (χ1) is 7.38. The van der Waals surface area contributed by atoms with Crippen LogP contribution in [0.15, 0.2) is 18.2 Å². The maximum atomic E-state index is 12.4. The van der Waals surface area contributed by atoms with Crippen LogP contribution < -0.4 is 10.6 Å². The highest BCUT2D eigenvalue weighted by Gasteiger charge is 2.47. The molecule has 0 aromatic heterocycles. The number of hydrogen-bond acceptors (Lipinski definition) is 2. The van der Waals surface area contributed by atoms with Gasteiger partial charge >= 0.3 is 6.18 Å². The molecule has 1 amide bonds. The van der Waals surface area contributed by atoms with Gasteiger partial charge in [-0.25, -0.2) is 0 Å². The first kappa shape index (κ1) is 11.1. The van der Waals surface area contributed by atoms with Crippen molar-refractivity contribution in [1.29, 1.82) is 0 Å². The SMILES string of the molecule is O=C1Nc2ccc(Cl)cc2N[C@H]1C(F)(F)F. The molecule has 2 rings (SSSR count). The second-order valence-electron chi connectivity index (χ2n) is 3.30. The van der Waals surface area contributed by atoms with Gasteiger partial charge in [-0.05, 0) is 18.2 Å². The molecule has 3 nitrogen and oxygen atoms in total. The van der Waals surface area contributed by atoms with Crippen LogP contribution in [0.2, 0.25) is 5.02 Å². The van der Waals surface area contributed by atoms with E-state index in [-0.39, 0.29) is 11.4 Å². The lowest BCUT2D eigenvalue weighted by Crippen LogP contribution is -2.48. The minimum atomic E-state index is -4.63. The Morgan fingerprint density at radius 1 is 1.25 bits per heavy atom. The summed E-state index contributed by atoms with van der Waals surface area (Å²) in [5, 5.41) is 4.56. The van der Waals surface area contributed by atoms with Gasteiger partial charge in [-0.1, -0.05) is 11.6 Å². The Balaban J connectivity index is 2.37. The van der Waals surface area contributed by atoms with Crippen molar-refractivity contribution in [1.82, 2.24) is 0 Å². The number of benzene rings is 1. The first-order valence-electron chi connectivity index (χ1n) is 4.31. The largest absolute Gasteiger partial charge is 0.417 e. The maximum absolute atomic E-state index is 12.4. The molecule has 86 valence electrons. The highest BCUT2D eigenvalue weighted by molar-refractivity contribution is 6.31. The second-order valence-corrected chi connectivity index (χ2v) is 3.73. The maximum Gasteiger partial charge on any atom is 0.417 e. The van der Waals surface area contributed by atoms with Crippen molar-refractivity contribution in [3.8, 4) is 0 Å². The predicted molar refractivity (Wildman–Crippen MR) is 53.5 cm³/mol. The van der Waals surface area contributed by atoms with Gasteiger partial charge in [0.15, 0.2) is 0 Å². The van der Waals surface area contributed by atoms with E-state index in [1.54, 1.807) is 0 Å². The van der Waals surface area contributed by atoms with Crippen LogP contribution in [-0.4, -0.2) is 18.1 Å². The van der Waals surface area contributed by atoms with E-state index in [0.717, 1.165) is 0 Å². The van der Waals surface area contributed by atoms with Gasteiger partial charge in [-0.3, -0.25) is 4.79 Å². The van der Waals surface area contributed by atoms with Crippen molar-refractivity contribution >= 4 is 28.9 Å². The Bertz CT molecular complexity index is 447. The molecule has 0 unspecified atom stereocenters. The predicted octanol–water partition coefficient (Wildman–Crippen LogP) is 2.63. The summed E-state index contributed by atoms with van der Waals surface area (Å²) in [5.41, 5.74) is 0.448. The van der Waals surface area contributed by atoms with Crippen LogP contribution in [0.5, 0.6) is 0 Å². The zero-order valence-corrected chi connectivity index (χ0v) is 8.49. The number of alkyl halides is 3. The van der Waals surface area contributed by atoms with Gasteiger partial charge in [0.1, 0.15) is 0 Å². The van der Waals surface area contributed by atoms with Crippen LogP contribution >= 0.6 is 11.6 Å². The molecule has 0 saturated carbocycles. The molecule has 0 aliphatic carbocycles. The summed E-state index contributed by atoms with van der Waals surface area (Å²) in [4.78, 5) is 11.2. The van der Waals surface area contributed by atoms with E-state index >= 15 is 0 Å². The number of hydrogen-bond donors (Lipinski definition) is 2. The Morgan fingerprint density at radius 2 is 1.94 bits per heavy atom. The summed E-state index contributed by atoms with van der Waals surface area (Å²) < 4.78 is 37.3. The number of carbonyl (C=O) groups excluding carboxylic acids is 1. The van der Waals surface area contributed by atoms with E-state index < -0.39 is 18.1 Å². The van der Waals surface area contributed by atoms with Gasteiger partial charge in [-0.15, -0.1) is 0 Å². The fourth-order valence-electron chi connectivity index (χ4n) is 1.40. The molecule has 0 bridgehead atoms. The standard InChI is InChI=1S/C9H6ClF3N2O/c10-4-1-2-5-6(3-4)14-7(8(16)15-5)9(11,12)13/h1-3,7,14H,(H,15,16)/t7-/m1/s1. The minimum absolute atomic E-state index is 0.162. The summed E-state index contributed by atoms with van der Waals surface area (Å²) in [6.07, 6.45) is -4.63. The third-order valence-electron chi connectivity index (χ3n) is 2.13. The van der Waals surface area contributed by atoms with Gasteiger partial charge in [0.2, 0.25) is 6.04 Å². The molecule has 1 aromatic rings. The summed E-state index contributed by atoms with van der Waals surface area (Å²) in [7, 11) is 0. The van der Waals surface area contributed by atoms with E-state index in [0.29, 0.717) is 5.02 Å². The lowest BCUT2D eigenvalue weighted by atomic mass is 10.1. The average Bonchev–Trinajstić information content (AvgIpc) is 2.16. The first-order valence-corrected chi connectivity index (χ1v) is 4.69. The Morgan fingerprint density at radius 3 is 2.56 bits per heavy atom. The van der Waals surface area contributed by atoms with Crippen molar-refractivity contribution in [2.24, 2.45) is 0 Å². The van der Waals surface area contributed by atoms with Gasteiger partial charge in [0.25, 0.3) is 5.91 Å². The third kappa shape index (κ3) is 1.92. The topological polar surface area (TPSA) is 41.1 Å². The van der Waals surface area contributed by atoms with Gasteiger partial charge in [-0.2, -0.15) is 13.2 Å². The van der Waals surface area contributed by atoms with Crippen LogP contribution in [0.4, 0.5) is 24.5 Å². The molecule has 0 saturated heterocycles. The van der Waals surface area contributed by atoms with Gasteiger partial charge in [0.05, 0.1) is 11.4 Å². The van der Waals surface area contributed by atoms with E-state index in [1.807, 2.05) is 0 Å². The van der Waals surface area contributed by atoms with Crippen molar-refractivity contribution in [3.05, 3.63) is 23.2 Å². The molecule has 0 spiro atoms. The van der Waals surface area contributed by atoms with Crippen LogP contribution in [0.3, 0.4) is 0 Å². The fourth-order valence-corrected chi connectivity index (χ4v) is 1.57. The van der Waals surface area contributed by atoms with E-state index in [1.165, 1.54) is 18.2 Å². The molecule has 1 aromatic carbocycles. The molecule has 16 heavy (non-hydrogen) atoms. The zero-order valence-electron chi connectivity index (χ0n) is 7.73. The summed E-state index contributed by atoms with van der Waals surface area (Å²) in [6, 6.07) is 2.01. The molecular weight excluding hydrogens is 245 g/mol. The number of nitrogens with one attached hydrogen (secondary N) is 2. The molecule has 1 aliphatic heterocycles. The Hall–Kier alpha value is -1.43. The van der Waals surface area contributed by atoms with Crippen molar-refractivity contribution in [2.75, 3.05) is 10.6 Å². The molecule has 1 aliphatic rings. The number of anilines is 2. The second kappa shape index (κ2) is 3.55. The summed E-state index contributed by atoms with van der Waals surface area (Å²) >= 11 is 5.64. The number of fused-ring (bicyclic) bond motifs is 1. The highest BCUT2D eigenvalue weighted by atomic mass is 35.5. The average molecular weight is 251 g/mol. The third-order valence-corrected chi connectivity index (χ3v) is 2.36. The summed E-state index contributed by atoms with van der Waals surface area (Å²) in [6.45, 7) is 0. The molecule has 7 heteroatoms. The van der Waals surface area contributed by atoms with Crippen LogP contribution in [0.25, 0.3) is 0 Å². The van der Waals surface area contributed by atoms with E-state index in [4.69, 9.17) is 11.6 Å². The van der Waals surface area contributed by atoms with Gasteiger partial charge in [0, 0.05) is 5.02 Å². The summed E-state index contributed by atoms with van der Waals surface area (Å²) in [5.74, 6) is -1.12. The van der Waals surface area contributed by atoms with Crippen LogP contribution in [-0.2, 0) is 4.79 Å². The van der Waals surface area contributed by atoms with Gasteiger partial charge < -0.3 is 10.6 Å². The Labute approximate surface area is 93.6 Å². The molecule has 1 atom stereocenters. The lowest BCUT2D eigenvalue weighted by Gasteiger charge is -2.28. The Kier molecular flexibility index (Phi) is 2.46. The number of rotatable bonds is 0.